The molecular formula is C16H18N2O2. The Kier molecular flexibility index (Phi) is 4.87. The summed E-state index contributed by atoms with van der Waals surface area (Å²) in [5.74, 6) is -0.217. The smallest absolute Gasteiger partial charge is 0.241 e. The highest BCUT2D eigenvalue weighted by Crippen LogP contribution is 2.10. The molecule has 0 bridgehead atoms. The van der Waals surface area contributed by atoms with Crippen molar-refractivity contribution in [1.29, 1.82) is 0 Å². The number of carbonyl (C=O) groups is 1. The second-order valence-corrected chi connectivity index (χ2v) is 4.64. The first kappa shape index (κ1) is 14.2. The molecule has 1 amide bonds. The van der Waals surface area contributed by atoms with Gasteiger partial charge >= 0.3 is 0 Å². The van der Waals surface area contributed by atoms with Crippen molar-refractivity contribution in [3.05, 3.63) is 65.7 Å². The molecule has 1 atom stereocenters. The summed E-state index contributed by atoms with van der Waals surface area (Å²) in [6.07, 6.45) is 0.501. The quantitative estimate of drug-likeness (QED) is 0.774. The van der Waals surface area contributed by atoms with Gasteiger partial charge in [-0.1, -0.05) is 42.5 Å². The minimum absolute atomic E-state index is 0.0122. The molecule has 2 aromatic rings. The van der Waals surface area contributed by atoms with Gasteiger partial charge in [0.15, 0.2) is 0 Å². The SMILES string of the molecule is N[C@H](Cc1ccccc1)C(=O)Nc1ccc(CO)cc1. The predicted octanol–water partition coefficient (Wildman–Crippen LogP) is 1.69. The number of nitrogens with one attached hydrogen (secondary N) is 1. The van der Waals surface area contributed by atoms with E-state index in [1.165, 1.54) is 0 Å². The van der Waals surface area contributed by atoms with E-state index in [-0.39, 0.29) is 12.5 Å². The lowest BCUT2D eigenvalue weighted by Crippen LogP contribution is -2.37. The van der Waals surface area contributed by atoms with Gasteiger partial charge in [-0.05, 0) is 29.7 Å². The van der Waals surface area contributed by atoms with E-state index in [1.807, 2.05) is 30.3 Å². The van der Waals surface area contributed by atoms with Gasteiger partial charge in [0.05, 0.1) is 12.6 Å². The standard InChI is InChI=1S/C16H18N2O2/c17-15(10-12-4-2-1-3-5-12)16(20)18-14-8-6-13(11-19)7-9-14/h1-9,15,19H,10-11,17H2,(H,18,20)/t15-/m1/s1. The number of aliphatic hydroxyl groups excluding tert-OH is 1. The van der Waals surface area contributed by atoms with Crippen molar-refractivity contribution in [1.82, 2.24) is 0 Å². The molecule has 4 nitrogen and oxygen atoms in total. The Balaban J connectivity index is 1.93. The molecule has 0 unspecified atom stereocenters. The van der Waals surface area contributed by atoms with E-state index < -0.39 is 6.04 Å². The van der Waals surface area contributed by atoms with Gasteiger partial charge in [0.25, 0.3) is 0 Å². The average Bonchev–Trinajstić information content (AvgIpc) is 2.49. The number of rotatable bonds is 5. The van der Waals surface area contributed by atoms with Gasteiger partial charge in [-0.25, -0.2) is 0 Å². The number of benzene rings is 2. The molecule has 0 heterocycles. The lowest BCUT2D eigenvalue weighted by Gasteiger charge is -2.12. The number of carbonyl (C=O) groups excluding carboxylic acids is 1. The maximum atomic E-state index is 12.0. The molecule has 0 aromatic heterocycles. The molecule has 0 aliphatic rings. The van der Waals surface area contributed by atoms with Crippen LogP contribution >= 0.6 is 0 Å². The fourth-order valence-corrected chi connectivity index (χ4v) is 1.89. The molecule has 4 N–H and O–H groups in total. The first-order valence-electron chi connectivity index (χ1n) is 6.49. The monoisotopic (exact) mass is 270 g/mol. The molecule has 20 heavy (non-hydrogen) atoms. The lowest BCUT2D eigenvalue weighted by molar-refractivity contribution is -0.117. The van der Waals surface area contributed by atoms with Crippen LogP contribution in [0.3, 0.4) is 0 Å². The largest absolute Gasteiger partial charge is 0.392 e. The third-order valence-corrected chi connectivity index (χ3v) is 3.04. The Hall–Kier alpha value is -2.17. The molecule has 0 radical (unpaired) electrons. The van der Waals surface area contributed by atoms with Crippen molar-refractivity contribution in [3.63, 3.8) is 0 Å². The fourth-order valence-electron chi connectivity index (χ4n) is 1.89. The third-order valence-electron chi connectivity index (χ3n) is 3.04. The zero-order valence-corrected chi connectivity index (χ0v) is 11.1. The zero-order chi connectivity index (χ0) is 14.4. The number of nitrogens with two attached hydrogens (primary N) is 1. The van der Waals surface area contributed by atoms with E-state index >= 15 is 0 Å². The zero-order valence-electron chi connectivity index (χ0n) is 11.1. The minimum atomic E-state index is -0.588. The Morgan fingerprint density at radius 3 is 2.30 bits per heavy atom. The van der Waals surface area contributed by atoms with Crippen LogP contribution in [-0.4, -0.2) is 17.1 Å². The molecule has 0 saturated carbocycles. The number of anilines is 1. The molecule has 4 heteroatoms. The van der Waals surface area contributed by atoms with Gasteiger partial charge in [-0.2, -0.15) is 0 Å². The van der Waals surface area contributed by atoms with E-state index in [0.29, 0.717) is 12.1 Å². The van der Waals surface area contributed by atoms with E-state index in [1.54, 1.807) is 24.3 Å². The average molecular weight is 270 g/mol. The predicted molar refractivity (Wildman–Crippen MR) is 79.1 cm³/mol. The summed E-state index contributed by atoms with van der Waals surface area (Å²) in [6.45, 7) is -0.0122. The number of aliphatic hydroxyl groups is 1. The summed E-state index contributed by atoms with van der Waals surface area (Å²) in [4.78, 5) is 12.0. The molecule has 2 rings (SSSR count). The highest BCUT2D eigenvalue weighted by molar-refractivity contribution is 5.94. The summed E-state index contributed by atoms with van der Waals surface area (Å²) in [6, 6.07) is 16.1. The molecule has 0 spiro atoms. The highest BCUT2D eigenvalue weighted by Gasteiger charge is 2.14. The van der Waals surface area contributed by atoms with Crippen molar-refractivity contribution >= 4 is 11.6 Å². The van der Waals surface area contributed by atoms with E-state index in [2.05, 4.69) is 5.32 Å². The topological polar surface area (TPSA) is 75.4 Å². The van der Waals surface area contributed by atoms with Crippen LogP contribution in [0.2, 0.25) is 0 Å². The summed E-state index contributed by atoms with van der Waals surface area (Å²) in [5.41, 5.74) is 8.41. The summed E-state index contributed by atoms with van der Waals surface area (Å²) >= 11 is 0. The Labute approximate surface area is 118 Å². The van der Waals surface area contributed by atoms with Crippen molar-refractivity contribution in [2.45, 2.75) is 19.1 Å². The van der Waals surface area contributed by atoms with Crippen molar-refractivity contribution in [2.24, 2.45) is 5.73 Å². The van der Waals surface area contributed by atoms with E-state index in [4.69, 9.17) is 10.8 Å². The minimum Gasteiger partial charge on any atom is -0.392 e. The van der Waals surface area contributed by atoms with Gasteiger partial charge in [-0.3, -0.25) is 4.79 Å². The van der Waals surface area contributed by atoms with Gasteiger partial charge < -0.3 is 16.2 Å². The second-order valence-electron chi connectivity index (χ2n) is 4.64. The van der Waals surface area contributed by atoms with Crippen LogP contribution in [0, 0.1) is 0 Å². The first-order valence-corrected chi connectivity index (χ1v) is 6.49. The van der Waals surface area contributed by atoms with Crippen LogP contribution in [0.25, 0.3) is 0 Å². The number of amides is 1. The van der Waals surface area contributed by atoms with Gasteiger partial charge in [0, 0.05) is 5.69 Å². The van der Waals surface area contributed by atoms with Crippen molar-refractivity contribution in [2.75, 3.05) is 5.32 Å². The Morgan fingerprint density at radius 2 is 1.70 bits per heavy atom. The molecule has 2 aromatic carbocycles. The second kappa shape index (κ2) is 6.84. The Morgan fingerprint density at radius 1 is 1.05 bits per heavy atom. The Bertz CT molecular complexity index is 552. The van der Waals surface area contributed by atoms with Crippen LogP contribution in [0.4, 0.5) is 5.69 Å². The lowest BCUT2D eigenvalue weighted by atomic mass is 10.1. The van der Waals surface area contributed by atoms with Gasteiger partial charge in [0.1, 0.15) is 0 Å². The third kappa shape index (κ3) is 3.91. The van der Waals surface area contributed by atoms with E-state index in [9.17, 15) is 4.79 Å². The van der Waals surface area contributed by atoms with E-state index in [0.717, 1.165) is 11.1 Å². The summed E-state index contributed by atoms with van der Waals surface area (Å²) < 4.78 is 0. The fraction of sp³-hybridized carbons (Fsp3) is 0.188. The first-order chi connectivity index (χ1) is 9.69. The van der Waals surface area contributed by atoms with Crippen LogP contribution in [-0.2, 0) is 17.8 Å². The number of hydrogen-bond acceptors (Lipinski definition) is 3. The van der Waals surface area contributed by atoms with Gasteiger partial charge in [0.2, 0.25) is 5.91 Å². The maximum Gasteiger partial charge on any atom is 0.241 e. The summed E-state index contributed by atoms with van der Waals surface area (Å²) in [7, 11) is 0. The van der Waals surface area contributed by atoms with Crippen molar-refractivity contribution < 1.29 is 9.90 Å². The van der Waals surface area contributed by atoms with Crippen LogP contribution in [0.15, 0.2) is 54.6 Å². The molecule has 0 fully saturated rings. The highest BCUT2D eigenvalue weighted by atomic mass is 16.3. The maximum absolute atomic E-state index is 12.0. The number of hydrogen-bond donors (Lipinski definition) is 3. The van der Waals surface area contributed by atoms with Crippen molar-refractivity contribution in [3.8, 4) is 0 Å². The normalized spacial score (nSPS) is 11.9. The van der Waals surface area contributed by atoms with Crippen LogP contribution in [0.5, 0.6) is 0 Å². The summed E-state index contributed by atoms with van der Waals surface area (Å²) in [5, 5.41) is 11.7. The van der Waals surface area contributed by atoms with Crippen LogP contribution < -0.4 is 11.1 Å². The molecule has 0 aliphatic carbocycles. The van der Waals surface area contributed by atoms with Crippen LogP contribution in [0.1, 0.15) is 11.1 Å². The molecule has 0 aliphatic heterocycles. The molecule has 0 saturated heterocycles. The van der Waals surface area contributed by atoms with Gasteiger partial charge in [-0.15, -0.1) is 0 Å². The molecule has 104 valence electrons. The molecular weight excluding hydrogens is 252 g/mol.